The Morgan fingerprint density at radius 3 is 2.73 bits per heavy atom. The summed E-state index contributed by atoms with van der Waals surface area (Å²) in [6.07, 6.45) is 3.92. The van der Waals surface area contributed by atoms with Gasteiger partial charge in [-0.05, 0) is 54.7 Å². The highest BCUT2D eigenvalue weighted by Crippen LogP contribution is 2.64. The van der Waals surface area contributed by atoms with Crippen LogP contribution in [0.25, 0.3) is 10.9 Å². The number of amides is 1. The first kappa shape index (κ1) is 25.3. The number of carboxylic acid groups (broad SMARTS) is 1. The fraction of sp³-hybridized carbons (Fsp3) is 0.323. The average Bonchev–Trinajstić information content (AvgIpc) is 3.60. The van der Waals surface area contributed by atoms with Crippen molar-refractivity contribution in [3.05, 3.63) is 92.8 Å². The van der Waals surface area contributed by atoms with Crippen LogP contribution in [0.1, 0.15) is 58.4 Å². The number of carbonyl (C=O) groups excluding carboxylic acids is 1. The molecule has 1 aliphatic carbocycles. The van der Waals surface area contributed by atoms with Crippen molar-refractivity contribution in [3.8, 4) is 0 Å². The topological polar surface area (TPSA) is 87.5 Å². The normalized spacial score (nSPS) is 26.7. The fourth-order valence-electron chi connectivity index (χ4n) is 7.86. The van der Waals surface area contributed by atoms with E-state index in [-0.39, 0.29) is 22.5 Å². The molecule has 8 rings (SSSR count). The largest absolute Gasteiger partial charge is 0.478 e. The third-order valence-electron chi connectivity index (χ3n) is 9.75. The molecule has 0 bridgehead atoms. The van der Waals surface area contributed by atoms with Crippen LogP contribution in [-0.4, -0.2) is 44.3 Å². The van der Waals surface area contributed by atoms with Crippen molar-refractivity contribution in [2.45, 2.75) is 49.2 Å². The van der Waals surface area contributed by atoms with Gasteiger partial charge in [0.25, 0.3) is 0 Å². The van der Waals surface area contributed by atoms with Crippen LogP contribution in [-0.2, 0) is 16.8 Å². The molecule has 1 spiro atoms. The standard InChI is InChI=1S/C31H25Cl2FN4O3/c32-17-8-10-20-23(12-17)35-30(41)31(20)26(19-5-2-6-21(33)27(19)34)28-25(37(31)14-15-3-1-4-15)13-24-18-9-7-16(29(39)40)11-22(18)36-38(24)28/h2,5-12,15,25-26,28H,1,3-4,13-14H2,(H,35,41)(H,39,40)/t25-,26-,28?,31+/m0/s1. The maximum atomic E-state index is 16.1. The molecule has 4 aliphatic rings. The van der Waals surface area contributed by atoms with Crippen LogP contribution in [0.15, 0.2) is 54.6 Å². The van der Waals surface area contributed by atoms with Crippen molar-refractivity contribution in [2.75, 3.05) is 11.9 Å². The summed E-state index contributed by atoms with van der Waals surface area (Å²) in [6.45, 7) is 0.696. The summed E-state index contributed by atoms with van der Waals surface area (Å²) in [4.78, 5) is 28.4. The Balaban J connectivity index is 1.41. The minimum atomic E-state index is -1.21. The summed E-state index contributed by atoms with van der Waals surface area (Å²) in [5, 5.41) is 19.0. The zero-order valence-electron chi connectivity index (χ0n) is 21.8. The van der Waals surface area contributed by atoms with Gasteiger partial charge in [0.1, 0.15) is 11.4 Å². The van der Waals surface area contributed by atoms with Crippen LogP contribution in [0, 0.1) is 11.7 Å². The first-order valence-electron chi connectivity index (χ1n) is 13.9. The molecule has 10 heteroatoms. The monoisotopic (exact) mass is 590 g/mol. The van der Waals surface area contributed by atoms with E-state index in [1.807, 2.05) is 10.7 Å². The lowest BCUT2D eigenvalue weighted by Gasteiger charge is -2.43. The number of aromatic carboxylic acids is 1. The number of anilines is 1. The van der Waals surface area contributed by atoms with Crippen molar-refractivity contribution < 1.29 is 19.1 Å². The Kier molecular flexibility index (Phi) is 5.40. The number of benzene rings is 3. The number of fused-ring (bicyclic) bond motifs is 7. The van der Waals surface area contributed by atoms with Gasteiger partial charge < -0.3 is 10.4 Å². The highest BCUT2D eigenvalue weighted by Gasteiger charge is 2.69. The Morgan fingerprint density at radius 1 is 1.15 bits per heavy atom. The number of hydrogen-bond acceptors (Lipinski definition) is 4. The summed E-state index contributed by atoms with van der Waals surface area (Å²) in [5.41, 5.74) is 2.24. The molecule has 3 aromatic carbocycles. The molecule has 4 atom stereocenters. The molecule has 1 saturated heterocycles. The van der Waals surface area contributed by atoms with E-state index in [1.165, 1.54) is 6.07 Å². The van der Waals surface area contributed by atoms with Crippen LogP contribution in [0.4, 0.5) is 10.1 Å². The molecule has 2 N–H and O–H groups in total. The van der Waals surface area contributed by atoms with Gasteiger partial charge in [-0.1, -0.05) is 53.9 Å². The Bertz CT molecular complexity index is 1800. The van der Waals surface area contributed by atoms with Crippen molar-refractivity contribution in [1.29, 1.82) is 0 Å². The molecule has 1 amide bonds. The first-order valence-corrected chi connectivity index (χ1v) is 14.6. The molecule has 4 aromatic rings. The second-order valence-corrected chi connectivity index (χ2v) is 12.5. The third kappa shape index (κ3) is 3.32. The van der Waals surface area contributed by atoms with E-state index in [0.717, 1.165) is 35.9 Å². The van der Waals surface area contributed by atoms with Gasteiger partial charge in [-0.15, -0.1) is 0 Å². The minimum Gasteiger partial charge on any atom is -0.478 e. The van der Waals surface area contributed by atoms with E-state index in [4.69, 9.17) is 28.3 Å². The maximum Gasteiger partial charge on any atom is 0.335 e. The number of rotatable bonds is 4. The molecular weight excluding hydrogens is 566 g/mol. The second-order valence-electron chi connectivity index (χ2n) is 11.7. The lowest BCUT2D eigenvalue weighted by atomic mass is 9.73. The van der Waals surface area contributed by atoms with Gasteiger partial charge in [0, 0.05) is 52.3 Å². The van der Waals surface area contributed by atoms with E-state index in [0.29, 0.717) is 40.7 Å². The zero-order chi connectivity index (χ0) is 28.2. The molecule has 2 fully saturated rings. The predicted octanol–water partition coefficient (Wildman–Crippen LogP) is 6.39. The van der Waals surface area contributed by atoms with Crippen molar-refractivity contribution in [1.82, 2.24) is 14.7 Å². The number of aromatic nitrogens is 2. The third-order valence-corrected chi connectivity index (χ3v) is 10.3. The quantitative estimate of drug-likeness (QED) is 0.287. The number of hydrogen-bond donors (Lipinski definition) is 2. The minimum absolute atomic E-state index is 0.00340. The predicted molar refractivity (Wildman–Crippen MR) is 153 cm³/mol. The fourth-order valence-corrected chi connectivity index (χ4v) is 8.21. The molecule has 208 valence electrons. The van der Waals surface area contributed by atoms with Gasteiger partial charge >= 0.3 is 5.97 Å². The van der Waals surface area contributed by atoms with E-state index in [1.54, 1.807) is 42.5 Å². The number of likely N-dealkylation sites (tertiary alicyclic amines) is 1. The van der Waals surface area contributed by atoms with E-state index >= 15 is 4.39 Å². The van der Waals surface area contributed by atoms with Crippen LogP contribution in [0.3, 0.4) is 0 Å². The molecule has 3 aliphatic heterocycles. The number of nitrogens with one attached hydrogen (secondary N) is 1. The van der Waals surface area contributed by atoms with Crippen molar-refractivity contribution in [3.63, 3.8) is 0 Å². The van der Waals surface area contributed by atoms with Crippen molar-refractivity contribution in [2.24, 2.45) is 5.92 Å². The molecule has 41 heavy (non-hydrogen) atoms. The van der Waals surface area contributed by atoms with Crippen LogP contribution in [0.2, 0.25) is 10.0 Å². The molecule has 7 nitrogen and oxygen atoms in total. The summed E-state index contributed by atoms with van der Waals surface area (Å²) in [7, 11) is 0. The SMILES string of the molecule is O=C(O)c1ccc2c3n(nc2c1)C1[C@H](C3)N(CC2CCC2)[C@@]2(C(=O)Nc3cc(Cl)ccc32)[C@H]1c1cccc(Cl)c1F. The van der Waals surface area contributed by atoms with Crippen LogP contribution >= 0.6 is 23.2 Å². The van der Waals surface area contributed by atoms with E-state index < -0.39 is 29.3 Å². The smallest absolute Gasteiger partial charge is 0.335 e. The van der Waals surface area contributed by atoms with Gasteiger partial charge in [0.2, 0.25) is 5.91 Å². The van der Waals surface area contributed by atoms with Gasteiger partial charge in [0.15, 0.2) is 0 Å². The Morgan fingerprint density at radius 2 is 1.98 bits per heavy atom. The molecule has 1 saturated carbocycles. The van der Waals surface area contributed by atoms with Crippen molar-refractivity contribution >= 4 is 51.7 Å². The summed E-state index contributed by atoms with van der Waals surface area (Å²) in [5.74, 6) is -2.01. The Hall–Kier alpha value is -3.46. The highest BCUT2D eigenvalue weighted by molar-refractivity contribution is 6.31. The summed E-state index contributed by atoms with van der Waals surface area (Å²) < 4.78 is 18.0. The number of halogens is 3. The molecular formula is C31H25Cl2FN4O3. The highest BCUT2D eigenvalue weighted by atomic mass is 35.5. The molecule has 1 unspecified atom stereocenters. The van der Waals surface area contributed by atoms with Crippen LogP contribution in [0.5, 0.6) is 0 Å². The average molecular weight is 591 g/mol. The number of carboxylic acids is 1. The van der Waals surface area contributed by atoms with Gasteiger partial charge in [-0.2, -0.15) is 5.10 Å². The van der Waals surface area contributed by atoms with Crippen LogP contribution < -0.4 is 5.32 Å². The second kappa shape index (κ2) is 8.77. The lowest BCUT2D eigenvalue weighted by molar-refractivity contribution is -0.128. The zero-order valence-corrected chi connectivity index (χ0v) is 23.3. The number of nitrogens with zero attached hydrogens (tertiary/aromatic N) is 3. The molecule has 1 aromatic heterocycles. The van der Waals surface area contributed by atoms with Gasteiger partial charge in [-0.25, -0.2) is 9.18 Å². The lowest BCUT2D eigenvalue weighted by Crippen LogP contribution is -2.54. The summed E-state index contributed by atoms with van der Waals surface area (Å²) >= 11 is 12.7. The first-order chi connectivity index (χ1) is 19.8. The van der Waals surface area contributed by atoms with E-state index in [2.05, 4.69) is 10.2 Å². The number of carbonyl (C=O) groups is 2. The summed E-state index contributed by atoms with van der Waals surface area (Å²) in [6, 6.07) is 14.8. The van der Waals surface area contributed by atoms with Gasteiger partial charge in [-0.3, -0.25) is 14.4 Å². The molecule has 0 radical (unpaired) electrons. The molecule has 4 heterocycles. The maximum absolute atomic E-state index is 16.1. The Labute approximate surface area is 244 Å². The van der Waals surface area contributed by atoms with Gasteiger partial charge in [0.05, 0.1) is 22.1 Å². The van der Waals surface area contributed by atoms with E-state index in [9.17, 15) is 14.7 Å².